The largest absolute Gasteiger partial charge is 0.494 e. The highest BCUT2D eigenvalue weighted by molar-refractivity contribution is 5.97. The molecule has 6 nitrogen and oxygen atoms in total. The molecule has 0 aromatic heterocycles. The summed E-state index contributed by atoms with van der Waals surface area (Å²) in [4.78, 5) is 22.6. The minimum absolute atomic E-state index is 0.186. The highest BCUT2D eigenvalue weighted by atomic mass is 16.5. The normalized spacial score (nSPS) is 9.67. The van der Waals surface area contributed by atoms with Gasteiger partial charge in [0.1, 0.15) is 12.3 Å². The second-order valence-electron chi connectivity index (χ2n) is 3.48. The molecule has 0 heterocycles. The second-order valence-corrected chi connectivity index (χ2v) is 3.48. The van der Waals surface area contributed by atoms with E-state index in [1.165, 1.54) is 13.2 Å². The highest BCUT2D eigenvalue weighted by Crippen LogP contribution is 2.18. The molecule has 6 heteroatoms. The molecular weight excluding hydrogens is 236 g/mol. The molecule has 1 amide bonds. The lowest BCUT2D eigenvalue weighted by Crippen LogP contribution is -2.30. The Morgan fingerprint density at radius 1 is 1.33 bits per heavy atom. The Balaban J connectivity index is 2.75. The second kappa shape index (κ2) is 6.48. The van der Waals surface area contributed by atoms with Gasteiger partial charge >= 0.3 is 5.97 Å². The Morgan fingerprint density at radius 2 is 2.06 bits per heavy atom. The number of rotatable bonds is 5. The Kier molecular flexibility index (Phi) is 4.98. The first kappa shape index (κ1) is 13.8. The lowest BCUT2D eigenvalue weighted by molar-refractivity contribution is -0.139. The number of carbonyl (C=O) groups is 2. The Bertz CT molecular complexity index is 446. The van der Waals surface area contributed by atoms with E-state index < -0.39 is 11.9 Å². The van der Waals surface area contributed by atoms with Gasteiger partial charge in [-0.05, 0) is 19.1 Å². The van der Waals surface area contributed by atoms with Crippen LogP contribution in [0.1, 0.15) is 17.3 Å². The number of ether oxygens (including phenoxy) is 2. The molecule has 0 aliphatic heterocycles. The molecule has 1 aromatic rings. The van der Waals surface area contributed by atoms with Crippen molar-refractivity contribution in [3.63, 3.8) is 0 Å². The number of nitrogens with two attached hydrogens (primary N) is 1. The van der Waals surface area contributed by atoms with Crippen LogP contribution in [0.4, 0.5) is 5.69 Å². The molecule has 3 N–H and O–H groups in total. The molecule has 0 bridgehead atoms. The number of methoxy groups -OCH3 is 1. The zero-order valence-electron chi connectivity index (χ0n) is 10.4. The summed E-state index contributed by atoms with van der Waals surface area (Å²) in [6.07, 6.45) is 0. The quantitative estimate of drug-likeness (QED) is 0.590. The van der Waals surface area contributed by atoms with Gasteiger partial charge < -0.3 is 20.5 Å². The van der Waals surface area contributed by atoms with Crippen LogP contribution in [-0.2, 0) is 9.53 Å². The van der Waals surface area contributed by atoms with Crippen molar-refractivity contribution in [3.8, 4) is 5.75 Å². The highest BCUT2D eigenvalue weighted by Gasteiger charge is 2.10. The lowest BCUT2D eigenvalue weighted by atomic mass is 10.1. The van der Waals surface area contributed by atoms with Gasteiger partial charge in [0.25, 0.3) is 5.91 Å². The van der Waals surface area contributed by atoms with E-state index in [1.807, 2.05) is 6.92 Å². The molecular formula is C12H16N2O4. The molecule has 1 aromatic carbocycles. The number of anilines is 1. The Hall–Kier alpha value is -2.24. The predicted octanol–water partition coefficient (Wildman–Crippen LogP) is 0.570. The average molecular weight is 252 g/mol. The summed E-state index contributed by atoms with van der Waals surface area (Å²) < 4.78 is 9.69. The molecule has 0 fully saturated rings. The van der Waals surface area contributed by atoms with Crippen LogP contribution in [0.2, 0.25) is 0 Å². The van der Waals surface area contributed by atoms with E-state index in [1.54, 1.807) is 12.1 Å². The van der Waals surface area contributed by atoms with Crippen LogP contribution in [0.25, 0.3) is 0 Å². The van der Waals surface area contributed by atoms with Crippen molar-refractivity contribution in [1.29, 1.82) is 0 Å². The van der Waals surface area contributed by atoms with E-state index in [2.05, 4.69) is 10.1 Å². The fourth-order valence-electron chi connectivity index (χ4n) is 1.33. The summed E-state index contributed by atoms with van der Waals surface area (Å²) >= 11 is 0. The Morgan fingerprint density at radius 3 is 2.67 bits per heavy atom. The van der Waals surface area contributed by atoms with E-state index in [4.69, 9.17) is 10.5 Å². The molecule has 0 aliphatic carbocycles. The van der Waals surface area contributed by atoms with Gasteiger partial charge in [0.2, 0.25) is 0 Å². The van der Waals surface area contributed by atoms with Crippen molar-refractivity contribution >= 4 is 17.6 Å². The van der Waals surface area contributed by atoms with Crippen molar-refractivity contribution in [1.82, 2.24) is 5.32 Å². The summed E-state index contributed by atoms with van der Waals surface area (Å²) in [5.74, 6) is -0.411. The first-order valence-corrected chi connectivity index (χ1v) is 5.45. The smallest absolute Gasteiger partial charge is 0.325 e. The van der Waals surface area contributed by atoms with E-state index in [9.17, 15) is 9.59 Å². The van der Waals surface area contributed by atoms with Crippen molar-refractivity contribution in [2.24, 2.45) is 0 Å². The molecule has 98 valence electrons. The van der Waals surface area contributed by atoms with Crippen LogP contribution in [0.15, 0.2) is 18.2 Å². The maximum Gasteiger partial charge on any atom is 0.325 e. The molecule has 0 radical (unpaired) electrons. The van der Waals surface area contributed by atoms with Gasteiger partial charge in [-0.15, -0.1) is 0 Å². The third-order valence-corrected chi connectivity index (χ3v) is 2.12. The number of carbonyl (C=O) groups excluding carboxylic acids is 2. The third-order valence-electron chi connectivity index (χ3n) is 2.12. The summed E-state index contributed by atoms with van der Waals surface area (Å²) in [6.45, 7) is 2.13. The lowest BCUT2D eigenvalue weighted by Gasteiger charge is -2.08. The van der Waals surface area contributed by atoms with Crippen LogP contribution in [0.3, 0.4) is 0 Å². The van der Waals surface area contributed by atoms with Gasteiger partial charge in [0.15, 0.2) is 0 Å². The van der Waals surface area contributed by atoms with Crippen LogP contribution in [0.5, 0.6) is 5.75 Å². The molecule has 0 atom stereocenters. The van der Waals surface area contributed by atoms with Gasteiger partial charge in [-0.2, -0.15) is 0 Å². The number of benzene rings is 1. The molecule has 0 spiro atoms. The summed E-state index contributed by atoms with van der Waals surface area (Å²) in [6, 6.07) is 4.70. The van der Waals surface area contributed by atoms with E-state index in [0.29, 0.717) is 23.6 Å². The van der Waals surface area contributed by atoms with Crippen molar-refractivity contribution in [2.75, 3.05) is 26.0 Å². The number of hydrogen-bond acceptors (Lipinski definition) is 5. The fourth-order valence-corrected chi connectivity index (χ4v) is 1.33. The fraction of sp³-hybridized carbons (Fsp3) is 0.333. The zero-order chi connectivity index (χ0) is 13.5. The maximum atomic E-state index is 11.7. The number of esters is 1. The molecule has 0 unspecified atom stereocenters. The van der Waals surface area contributed by atoms with E-state index in [0.717, 1.165) is 0 Å². The van der Waals surface area contributed by atoms with Gasteiger partial charge in [-0.25, -0.2) is 0 Å². The predicted molar refractivity (Wildman–Crippen MR) is 66.4 cm³/mol. The number of hydrogen-bond donors (Lipinski definition) is 2. The van der Waals surface area contributed by atoms with Crippen LogP contribution >= 0.6 is 0 Å². The average Bonchev–Trinajstić information content (AvgIpc) is 2.35. The van der Waals surface area contributed by atoms with Crippen LogP contribution in [-0.4, -0.2) is 32.1 Å². The molecule has 18 heavy (non-hydrogen) atoms. The minimum Gasteiger partial charge on any atom is -0.494 e. The van der Waals surface area contributed by atoms with E-state index in [-0.39, 0.29) is 6.54 Å². The monoisotopic (exact) mass is 252 g/mol. The van der Waals surface area contributed by atoms with Gasteiger partial charge in [0, 0.05) is 17.3 Å². The van der Waals surface area contributed by atoms with Gasteiger partial charge in [0.05, 0.1) is 13.7 Å². The van der Waals surface area contributed by atoms with Crippen molar-refractivity contribution in [3.05, 3.63) is 23.8 Å². The number of nitrogens with one attached hydrogen (secondary N) is 1. The Labute approximate surface area is 105 Å². The van der Waals surface area contributed by atoms with Crippen molar-refractivity contribution < 1.29 is 19.1 Å². The minimum atomic E-state index is -0.516. The molecule has 1 rings (SSSR count). The SMILES string of the molecule is CCOc1cc(N)cc(C(=O)NCC(=O)OC)c1. The standard InChI is InChI=1S/C12H16N2O4/c1-3-18-10-5-8(4-9(13)6-10)12(16)14-7-11(15)17-2/h4-6H,3,7,13H2,1-2H3,(H,14,16). The first-order chi connectivity index (χ1) is 8.56. The maximum absolute atomic E-state index is 11.7. The van der Waals surface area contributed by atoms with Gasteiger partial charge in [-0.1, -0.05) is 0 Å². The first-order valence-electron chi connectivity index (χ1n) is 5.45. The summed E-state index contributed by atoms with van der Waals surface area (Å²) in [5.41, 5.74) is 6.41. The number of nitrogen functional groups attached to an aromatic ring is 1. The third kappa shape index (κ3) is 3.97. The molecule has 0 aliphatic rings. The topological polar surface area (TPSA) is 90.6 Å². The zero-order valence-corrected chi connectivity index (χ0v) is 10.4. The molecule has 0 saturated heterocycles. The summed E-state index contributed by atoms with van der Waals surface area (Å²) in [7, 11) is 1.25. The van der Waals surface area contributed by atoms with Crippen molar-refractivity contribution in [2.45, 2.75) is 6.92 Å². The summed E-state index contributed by atoms with van der Waals surface area (Å²) in [5, 5.41) is 2.42. The van der Waals surface area contributed by atoms with Gasteiger partial charge in [-0.3, -0.25) is 9.59 Å². The molecule has 0 saturated carbocycles. The van der Waals surface area contributed by atoms with E-state index >= 15 is 0 Å². The van der Waals surface area contributed by atoms with Crippen LogP contribution in [0, 0.1) is 0 Å². The number of amides is 1. The van der Waals surface area contributed by atoms with Crippen LogP contribution < -0.4 is 15.8 Å².